The Morgan fingerprint density at radius 3 is 1.80 bits per heavy atom. The fourth-order valence-corrected chi connectivity index (χ4v) is 10.8. The van der Waals surface area contributed by atoms with Crippen LogP contribution in [0.1, 0.15) is 0 Å². The lowest BCUT2D eigenvalue weighted by Crippen LogP contribution is -2.10. The van der Waals surface area contributed by atoms with E-state index in [1.54, 1.807) is 0 Å². The van der Waals surface area contributed by atoms with E-state index in [-0.39, 0.29) is 0 Å². The molecule has 1 nitrogen and oxygen atoms in total. The molecular weight excluding hydrogens is 703 g/mol. The highest BCUT2D eigenvalue weighted by Gasteiger charge is 2.23. The quantitative estimate of drug-likeness (QED) is 0.164. The molecule has 0 saturated heterocycles. The predicted octanol–water partition coefficient (Wildman–Crippen LogP) is 16.0. The van der Waals surface area contributed by atoms with Gasteiger partial charge in [-0.25, -0.2) is 0 Å². The Balaban J connectivity index is 1.14. The zero-order valence-corrected chi connectivity index (χ0v) is 31.4. The van der Waals surface area contributed by atoms with Crippen LogP contribution in [0.4, 0.5) is 17.1 Å². The molecule has 0 atom stereocenters. The van der Waals surface area contributed by atoms with Gasteiger partial charge in [0.1, 0.15) is 0 Å². The van der Waals surface area contributed by atoms with Crippen molar-refractivity contribution in [1.82, 2.24) is 0 Å². The molecule has 2 heterocycles. The third-order valence-electron chi connectivity index (χ3n) is 10.9. The largest absolute Gasteiger partial charge is 0.308 e. The molecule has 0 amide bonds. The predicted molar refractivity (Wildman–Crippen MR) is 241 cm³/mol. The van der Waals surface area contributed by atoms with Gasteiger partial charge in [0.15, 0.2) is 0 Å². The van der Waals surface area contributed by atoms with E-state index in [9.17, 15) is 0 Å². The van der Waals surface area contributed by atoms with Gasteiger partial charge in [0, 0.05) is 41.3 Å². The fourth-order valence-electron chi connectivity index (χ4n) is 8.32. The SMILES string of the molecule is c1ccc(-c2ccc(-c3cccc4c3sc3c(N(c5cccc(-c6cccc7ccccc67)c5)c5cccc6sc7ccccc7c56)cccc34)cc2)cc1. The molecule has 0 fully saturated rings. The minimum absolute atomic E-state index is 1.13. The molecule has 0 bridgehead atoms. The molecule has 11 aromatic rings. The van der Waals surface area contributed by atoms with Gasteiger partial charge >= 0.3 is 0 Å². The molecule has 55 heavy (non-hydrogen) atoms. The highest BCUT2D eigenvalue weighted by Crippen LogP contribution is 2.50. The van der Waals surface area contributed by atoms with Crippen molar-refractivity contribution in [3.63, 3.8) is 0 Å². The summed E-state index contributed by atoms with van der Waals surface area (Å²) in [5, 5.41) is 7.65. The Morgan fingerprint density at radius 2 is 0.909 bits per heavy atom. The van der Waals surface area contributed by atoms with Crippen LogP contribution in [0.15, 0.2) is 200 Å². The molecule has 0 aliphatic carbocycles. The second-order valence-corrected chi connectivity index (χ2v) is 16.1. The summed E-state index contributed by atoms with van der Waals surface area (Å²) >= 11 is 3.77. The zero-order chi connectivity index (χ0) is 36.3. The third kappa shape index (κ3) is 5.35. The van der Waals surface area contributed by atoms with Gasteiger partial charge in [-0.3, -0.25) is 0 Å². The van der Waals surface area contributed by atoms with Crippen LogP contribution < -0.4 is 4.90 Å². The van der Waals surface area contributed by atoms with Gasteiger partial charge in [-0.2, -0.15) is 0 Å². The minimum atomic E-state index is 1.13. The molecule has 258 valence electrons. The summed E-state index contributed by atoms with van der Waals surface area (Å²) in [6, 6.07) is 73.3. The lowest BCUT2D eigenvalue weighted by atomic mass is 9.97. The number of fused-ring (bicyclic) bond motifs is 7. The average molecular weight is 736 g/mol. The number of hydrogen-bond donors (Lipinski definition) is 0. The van der Waals surface area contributed by atoms with E-state index < -0.39 is 0 Å². The monoisotopic (exact) mass is 735 g/mol. The van der Waals surface area contributed by atoms with Crippen LogP contribution in [0.25, 0.3) is 84.5 Å². The van der Waals surface area contributed by atoms with Crippen LogP contribution in [0.2, 0.25) is 0 Å². The molecule has 0 unspecified atom stereocenters. The van der Waals surface area contributed by atoms with Crippen molar-refractivity contribution in [3.8, 4) is 33.4 Å². The van der Waals surface area contributed by atoms with E-state index in [1.165, 1.54) is 95.9 Å². The smallest absolute Gasteiger partial charge is 0.0640 e. The lowest BCUT2D eigenvalue weighted by molar-refractivity contribution is 1.32. The van der Waals surface area contributed by atoms with Gasteiger partial charge in [0.25, 0.3) is 0 Å². The van der Waals surface area contributed by atoms with Crippen molar-refractivity contribution in [2.24, 2.45) is 0 Å². The number of benzene rings is 9. The average Bonchev–Trinajstić information content (AvgIpc) is 3.84. The summed E-state index contributed by atoms with van der Waals surface area (Å²) in [7, 11) is 0. The molecule has 3 heteroatoms. The Hall–Kier alpha value is -6.52. The number of thiophene rings is 2. The van der Waals surface area contributed by atoms with Crippen LogP contribution >= 0.6 is 22.7 Å². The Bertz CT molecular complexity index is 3200. The van der Waals surface area contributed by atoms with E-state index in [1.807, 2.05) is 22.7 Å². The standard InChI is InChI=1S/C52H33NS2/c1-2-13-34(14-3-1)35-29-31-37(32-30-35)42-22-10-23-43-44-24-11-26-47(52(44)55-51(42)43)53(46-25-12-28-49-50(46)45-20-6-7-27-48(45)54-49)39-18-8-17-38(33-39)41-21-9-16-36-15-4-5-19-40(36)41/h1-33H. The first-order valence-corrected chi connectivity index (χ1v) is 20.3. The normalized spacial score (nSPS) is 11.6. The van der Waals surface area contributed by atoms with Crippen LogP contribution in [-0.4, -0.2) is 0 Å². The number of anilines is 3. The summed E-state index contributed by atoms with van der Waals surface area (Å²) in [5.74, 6) is 0. The summed E-state index contributed by atoms with van der Waals surface area (Å²) in [6.07, 6.45) is 0. The summed E-state index contributed by atoms with van der Waals surface area (Å²) < 4.78 is 5.18. The van der Waals surface area contributed by atoms with E-state index in [0.29, 0.717) is 0 Å². The maximum Gasteiger partial charge on any atom is 0.0640 e. The number of nitrogens with zero attached hydrogens (tertiary/aromatic N) is 1. The first-order chi connectivity index (χ1) is 27.3. The second-order valence-electron chi connectivity index (χ2n) is 14.0. The highest BCUT2D eigenvalue weighted by atomic mass is 32.1. The van der Waals surface area contributed by atoms with Crippen molar-refractivity contribution in [2.75, 3.05) is 4.90 Å². The molecule has 0 spiro atoms. The second kappa shape index (κ2) is 13.1. The van der Waals surface area contributed by atoms with Gasteiger partial charge < -0.3 is 4.90 Å². The van der Waals surface area contributed by atoms with Gasteiger partial charge in [-0.15, -0.1) is 22.7 Å². The molecule has 11 rings (SSSR count). The van der Waals surface area contributed by atoms with E-state index in [2.05, 4.69) is 205 Å². The van der Waals surface area contributed by atoms with E-state index >= 15 is 0 Å². The molecule has 0 aliphatic heterocycles. The molecule has 0 aliphatic rings. The van der Waals surface area contributed by atoms with Crippen LogP contribution in [0.5, 0.6) is 0 Å². The van der Waals surface area contributed by atoms with Gasteiger partial charge in [0.2, 0.25) is 0 Å². The van der Waals surface area contributed by atoms with Crippen LogP contribution in [0.3, 0.4) is 0 Å². The first-order valence-electron chi connectivity index (χ1n) is 18.7. The number of rotatable bonds is 6. The van der Waals surface area contributed by atoms with Crippen molar-refractivity contribution in [3.05, 3.63) is 200 Å². The molecule has 0 saturated carbocycles. The van der Waals surface area contributed by atoms with Gasteiger partial charge in [-0.05, 0) is 80.6 Å². The summed E-state index contributed by atoms with van der Waals surface area (Å²) in [5.41, 5.74) is 10.9. The van der Waals surface area contributed by atoms with Crippen LogP contribution in [-0.2, 0) is 0 Å². The fraction of sp³-hybridized carbons (Fsp3) is 0. The van der Waals surface area contributed by atoms with Crippen molar-refractivity contribution < 1.29 is 0 Å². The summed E-state index contributed by atoms with van der Waals surface area (Å²) in [4.78, 5) is 2.52. The van der Waals surface area contributed by atoms with Crippen molar-refractivity contribution >= 4 is 90.9 Å². The molecule has 2 aromatic heterocycles. The first kappa shape index (κ1) is 32.0. The van der Waals surface area contributed by atoms with Gasteiger partial charge in [-0.1, -0.05) is 164 Å². The zero-order valence-electron chi connectivity index (χ0n) is 29.8. The minimum Gasteiger partial charge on any atom is -0.308 e. The lowest BCUT2D eigenvalue weighted by Gasteiger charge is -2.27. The molecule has 0 radical (unpaired) electrons. The van der Waals surface area contributed by atoms with E-state index in [0.717, 1.165) is 5.69 Å². The molecule has 9 aromatic carbocycles. The van der Waals surface area contributed by atoms with Gasteiger partial charge in [0.05, 0.1) is 16.1 Å². The maximum atomic E-state index is 2.52. The van der Waals surface area contributed by atoms with Crippen LogP contribution in [0, 0.1) is 0 Å². The topological polar surface area (TPSA) is 3.24 Å². The Morgan fingerprint density at radius 1 is 0.327 bits per heavy atom. The number of hydrogen-bond acceptors (Lipinski definition) is 3. The highest BCUT2D eigenvalue weighted by molar-refractivity contribution is 7.27. The molecular formula is C52H33NS2. The maximum absolute atomic E-state index is 2.52. The van der Waals surface area contributed by atoms with Crippen molar-refractivity contribution in [2.45, 2.75) is 0 Å². The Kier molecular flexibility index (Phi) is 7.61. The third-order valence-corrected chi connectivity index (χ3v) is 13.3. The summed E-state index contributed by atoms with van der Waals surface area (Å²) in [6.45, 7) is 0. The molecule has 0 N–H and O–H groups in total. The Labute approximate surface area is 327 Å². The van der Waals surface area contributed by atoms with E-state index in [4.69, 9.17) is 0 Å². The van der Waals surface area contributed by atoms with Crippen molar-refractivity contribution in [1.29, 1.82) is 0 Å².